The van der Waals surface area contributed by atoms with Crippen LogP contribution >= 0.6 is 27.5 Å². The normalized spacial score (nSPS) is 14.6. The van der Waals surface area contributed by atoms with Gasteiger partial charge < -0.3 is 9.67 Å². The van der Waals surface area contributed by atoms with Gasteiger partial charge in [-0.25, -0.2) is 4.79 Å². The van der Waals surface area contributed by atoms with Gasteiger partial charge in [-0.1, -0.05) is 17.7 Å². The summed E-state index contributed by atoms with van der Waals surface area (Å²) in [5.74, 6) is -0.888. The first-order chi connectivity index (χ1) is 9.08. The van der Waals surface area contributed by atoms with E-state index in [0.717, 1.165) is 28.6 Å². The monoisotopic (exact) mass is 339 g/mol. The maximum Gasteiger partial charge on any atom is 0.352 e. The Balaban J connectivity index is 2.14. The molecular weight excluding hydrogens is 330 g/mol. The first-order valence-corrected chi connectivity index (χ1v) is 7.15. The van der Waals surface area contributed by atoms with Crippen LogP contribution in [0.1, 0.15) is 29.4 Å². The van der Waals surface area contributed by atoms with Crippen LogP contribution in [0.25, 0.3) is 11.3 Å². The smallest absolute Gasteiger partial charge is 0.352 e. The SMILES string of the molecule is O=C(O)c1ccc(-c2ccc(Br)c(Cl)c2)n1C1CC1. The summed E-state index contributed by atoms with van der Waals surface area (Å²) in [5.41, 5.74) is 2.19. The van der Waals surface area contributed by atoms with Crippen molar-refractivity contribution in [2.24, 2.45) is 0 Å². The third-order valence-corrected chi connectivity index (χ3v) is 4.50. The summed E-state index contributed by atoms with van der Waals surface area (Å²) in [6.07, 6.45) is 2.07. The number of carboxylic acids is 1. The fraction of sp³-hybridized carbons (Fsp3) is 0.214. The van der Waals surface area contributed by atoms with Gasteiger partial charge in [-0.3, -0.25) is 0 Å². The Morgan fingerprint density at radius 2 is 2.05 bits per heavy atom. The number of carbonyl (C=O) groups is 1. The van der Waals surface area contributed by atoms with E-state index < -0.39 is 5.97 Å². The van der Waals surface area contributed by atoms with Crippen molar-refractivity contribution in [2.45, 2.75) is 18.9 Å². The molecule has 19 heavy (non-hydrogen) atoms. The van der Waals surface area contributed by atoms with Crippen molar-refractivity contribution in [3.05, 3.63) is 45.5 Å². The molecule has 0 bridgehead atoms. The van der Waals surface area contributed by atoms with Crippen LogP contribution in [0.5, 0.6) is 0 Å². The van der Waals surface area contributed by atoms with Crippen molar-refractivity contribution < 1.29 is 9.90 Å². The number of aromatic nitrogens is 1. The summed E-state index contributed by atoms with van der Waals surface area (Å²) in [5, 5.41) is 9.87. The van der Waals surface area contributed by atoms with E-state index >= 15 is 0 Å². The van der Waals surface area contributed by atoms with Crippen LogP contribution < -0.4 is 0 Å². The minimum absolute atomic E-state index is 0.304. The lowest BCUT2D eigenvalue weighted by atomic mass is 10.1. The number of nitrogens with zero attached hydrogens (tertiary/aromatic N) is 1. The van der Waals surface area contributed by atoms with Crippen LogP contribution in [0.15, 0.2) is 34.8 Å². The molecule has 5 heteroatoms. The predicted octanol–water partition coefficient (Wildman–Crippen LogP) is 4.60. The average molecular weight is 341 g/mol. The Morgan fingerprint density at radius 3 is 2.63 bits per heavy atom. The fourth-order valence-corrected chi connectivity index (χ4v) is 2.67. The maximum atomic E-state index is 11.3. The van der Waals surface area contributed by atoms with E-state index in [0.29, 0.717) is 16.8 Å². The summed E-state index contributed by atoms with van der Waals surface area (Å²) in [4.78, 5) is 11.3. The second-order valence-corrected chi connectivity index (χ2v) is 5.90. The van der Waals surface area contributed by atoms with Crippen LogP contribution in [0, 0.1) is 0 Å². The van der Waals surface area contributed by atoms with Crippen LogP contribution in [0.4, 0.5) is 0 Å². The first-order valence-electron chi connectivity index (χ1n) is 5.98. The third kappa shape index (κ3) is 2.30. The van der Waals surface area contributed by atoms with Gasteiger partial charge in [0.2, 0.25) is 0 Å². The number of halogens is 2. The molecule has 1 aliphatic rings. The Hall–Kier alpha value is -1.26. The van der Waals surface area contributed by atoms with Gasteiger partial charge in [0, 0.05) is 16.2 Å². The molecule has 0 atom stereocenters. The summed E-state index contributed by atoms with van der Waals surface area (Å²) in [6, 6.07) is 9.48. The van der Waals surface area contributed by atoms with Gasteiger partial charge in [-0.05, 0) is 58.6 Å². The van der Waals surface area contributed by atoms with Crippen LogP contribution in [0.3, 0.4) is 0 Å². The van der Waals surface area contributed by atoms with E-state index in [1.807, 2.05) is 28.8 Å². The summed E-state index contributed by atoms with van der Waals surface area (Å²) >= 11 is 9.47. The number of hydrogen-bond acceptors (Lipinski definition) is 1. The molecule has 98 valence electrons. The molecule has 0 radical (unpaired) electrons. The van der Waals surface area contributed by atoms with Crippen molar-refractivity contribution in [1.82, 2.24) is 4.57 Å². The summed E-state index contributed by atoms with van der Waals surface area (Å²) < 4.78 is 2.74. The molecule has 1 aliphatic carbocycles. The second-order valence-electron chi connectivity index (χ2n) is 4.64. The van der Waals surface area contributed by atoms with Gasteiger partial charge in [0.1, 0.15) is 5.69 Å². The molecule has 0 unspecified atom stereocenters. The molecule has 1 saturated carbocycles. The average Bonchev–Trinajstić information content (AvgIpc) is 3.11. The molecule has 1 fully saturated rings. The Morgan fingerprint density at radius 1 is 1.32 bits per heavy atom. The highest BCUT2D eigenvalue weighted by atomic mass is 79.9. The highest BCUT2D eigenvalue weighted by molar-refractivity contribution is 9.10. The molecule has 0 saturated heterocycles. The maximum absolute atomic E-state index is 11.3. The molecule has 0 amide bonds. The van der Waals surface area contributed by atoms with Gasteiger partial charge in [0.15, 0.2) is 0 Å². The molecule has 1 aromatic heterocycles. The molecule has 1 N–H and O–H groups in total. The van der Waals surface area contributed by atoms with Crippen LogP contribution in [-0.2, 0) is 0 Å². The van der Waals surface area contributed by atoms with Gasteiger partial charge in [-0.15, -0.1) is 0 Å². The van der Waals surface area contributed by atoms with Crippen LogP contribution in [-0.4, -0.2) is 15.6 Å². The number of benzene rings is 1. The van der Waals surface area contributed by atoms with E-state index in [4.69, 9.17) is 11.6 Å². The van der Waals surface area contributed by atoms with Gasteiger partial charge >= 0.3 is 5.97 Å². The molecule has 3 nitrogen and oxygen atoms in total. The molecule has 1 heterocycles. The van der Waals surface area contributed by atoms with Crippen molar-refractivity contribution in [3.8, 4) is 11.3 Å². The zero-order valence-electron chi connectivity index (χ0n) is 9.94. The topological polar surface area (TPSA) is 42.2 Å². The lowest BCUT2D eigenvalue weighted by Gasteiger charge is -2.11. The molecule has 1 aromatic carbocycles. The van der Waals surface area contributed by atoms with Gasteiger partial charge in [0.25, 0.3) is 0 Å². The first kappa shape index (κ1) is 12.8. The van der Waals surface area contributed by atoms with Gasteiger partial charge in [0.05, 0.1) is 5.02 Å². The predicted molar refractivity (Wildman–Crippen MR) is 77.8 cm³/mol. The zero-order chi connectivity index (χ0) is 13.6. The second kappa shape index (κ2) is 4.69. The molecule has 0 aliphatic heterocycles. The Labute approximate surface area is 123 Å². The van der Waals surface area contributed by atoms with Crippen molar-refractivity contribution in [3.63, 3.8) is 0 Å². The van der Waals surface area contributed by atoms with Crippen molar-refractivity contribution in [2.75, 3.05) is 0 Å². The van der Waals surface area contributed by atoms with E-state index in [1.165, 1.54) is 0 Å². The largest absolute Gasteiger partial charge is 0.477 e. The number of rotatable bonds is 3. The van der Waals surface area contributed by atoms with E-state index in [2.05, 4.69) is 15.9 Å². The minimum atomic E-state index is -0.888. The fourth-order valence-electron chi connectivity index (χ4n) is 2.24. The van der Waals surface area contributed by atoms with Crippen molar-refractivity contribution in [1.29, 1.82) is 0 Å². The van der Waals surface area contributed by atoms with Gasteiger partial charge in [-0.2, -0.15) is 0 Å². The summed E-state index contributed by atoms with van der Waals surface area (Å²) in [7, 11) is 0. The molecule has 0 spiro atoms. The molecule has 2 aromatic rings. The van der Waals surface area contributed by atoms with E-state index in [-0.39, 0.29) is 0 Å². The Bertz CT molecular complexity index is 661. The summed E-state index contributed by atoms with van der Waals surface area (Å²) in [6.45, 7) is 0. The number of hydrogen-bond donors (Lipinski definition) is 1. The molecular formula is C14H11BrClNO2. The minimum Gasteiger partial charge on any atom is -0.477 e. The van der Waals surface area contributed by atoms with E-state index in [9.17, 15) is 9.90 Å². The molecule has 3 rings (SSSR count). The lowest BCUT2D eigenvalue weighted by Crippen LogP contribution is -2.08. The highest BCUT2D eigenvalue weighted by Gasteiger charge is 2.29. The Kier molecular flexibility index (Phi) is 3.15. The highest BCUT2D eigenvalue weighted by Crippen LogP contribution is 2.41. The lowest BCUT2D eigenvalue weighted by molar-refractivity contribution is 0.0685. The quantitative estimate of drug-likeness (QED) is 0.887. The number of carboxylic acid groups (broad SMARTS) is 1. The zero-order valence-corrected chi connectivity index (χ0v) is 12.3. The van der Waals surface area contributed by atoms with Crippen molar-refractivity contribution >= 4 is 33.5 Å². The van der Waals surface area contributed by atoms with Crippen LogP contribution in [0.2, 0.25) is 5.02 Å². The number of aromatic carboxylic acids is 1. The standard InChI is InChI=1S/C14H11BrClNO2/c15-10-4-1-8(7-11(10)16)12-5-6-13(14(18)19)17(12)9-2-3-9/h1,4-7,9H,2-3H2,(H,18,19). The van der Waals surface area contributed by atoms with E-state index in [1.54, 1.807) is 6.07 Å². The third-order valence-electron chi connectivity index (χ3n) is 3.26.